The lowest BCUT2D eigenvalue weighted by molar-refractivity contribution is -0.121. The van der Waals surface area contributed by atoms with E-state index >= 15 is 0 Å². The van der Waals surface area contributed by atoms with E-state index < -0.39 is 5.41 Å². The molecule has 0 saturated carbocycles. The maximum atomic E-state index is 12.3. The van der Waals surface area contributed by atoms with Crippen molar-refractivity contribution in [1.29, 1.82) is 0 Å². The quantitative estimate of drug-likeness (QED) is 0.919. The molecule has 0 fully saturated rings. The molecule has 2 amide bonds. The summed E-state index contributed by atoms with van der Waals surface area (Å²) in [7, 11) is 1.76. The lowest BCUT2D eigenvalue weighted by atomic mass is 9.86. The number of hydrogen-bond acceptors (Lipinski definition) is 4. The second kappa shape index (κ2) is 4.91. The van der Waals surface area contributed by atoms with Crippen LogP contribution >= 0.6 is 0 Å². The predicted octanol–water partition coefficient (Wildman–Crippen LogP) is 1.98. The van der Waals surface area contributed by atoms with Gasteiger partial charge in [-0.15, -0.1) is 0 Å². The minimum absolute atomic E-state index is 0.0416. The number of carbonyl (C=O) groups is 2. The number of fused-ring (bicyclic) bond motifs is 1. The van der Waals surface area contributed by atoms with Crippen LogP contribution in [0.4, 0.5) is 11.4 Å². The van der Waals surface area contributed by atoms with Gasteiger partial charge in [-0.25, -0.2) is 4.98 Å². The molecule has 2 aromatic rings. The number of nitrogens with one attached hydrogen (secondary N) is 1. The van der Waals surface area contributed by atoms with Gasteiger partial charge in [0.2, 0.25) is 5.91 Å². The van der Waals surface area contributed by atoms with Gasteiger partial charge < -0.3 is 10.2 Å². The van der Waals surface area contributed by atoms with Crippen LogP contribution in [0.5, 0.6) is 0 Å². The Labute approximate surface area is 128 Å². The number of amides is 2. The molecule has 1 aromatic carbocycles. The molecule has 2 heterocycles. The highest BCUT2D eigenvalue weighted by atomic mass is 16.2. The lowest BCUT2D eigenvalue weighted by Crippen LogP contribution is -2.33. The van der Waals surface area contributed by atoms with E-state index in [0.29, 0.717) is 5.69 Å². The van der Waals surface area contributed by atoms with Gasteiger partial charge in [0.1, 0.15) is 5.69 Å². The van der Waals surface area contributed by atoms with Crippen LogP contribution in [0.1, 0.15) is 29.9 Å². The molecule has 1 aromatic heterocycles. The number of nitrogens with zero attached hydrogens (tertiary/aromatic N) is 3. The van der Waals surface area contributed by atoms with Crippen LogP contribution in [0.3, 0.4) is 0 Å². The van der Waals surface area contributed by atoms with Gasteiger partial charge in [-0.05, 0) is 37.6 Å². The Kier molecular flexibility index (Phi) is 3.16. The molecule has 0 spiro atoms. The summed E-state index contributed by atoms with van der Waals surface area (Å²) in [6.45, 7) is 3.76. The minimum atomic E-state index is -0.600. The third-order valence-corrected chi connectivity index (χ3v) is 3.92. The average molecular weight is 296 g/mol. The first-order chi connectivity index (χ1) is 10.4. The van der Waals surface area contributed by atoms with Crippen molar-refractivity contribution < 1.29 is 9.59 Å². The van der Waals surface area contributed by atoms with Gasteiger partial charge in [-0.2, -0.15) is 0 Å². The van der Waals surface area contributed by atoms with Gasteiger partial charge >= 0.3 is 0 Å². The topological polar surface area (TPSA) is 75.2 Å². The number of aromatic nitrogens is 2. The first-order valence-electron chi connectivity index (χ1n) is 6.91. The average Bonchev–Trinajstić information content (AvgIpc) is 2.69. The number of anilines is 2. The molecule has 6 heteroatoms. The Morgan fingerprint density at radius 3 is 2.73 bits per heavy atom. The largest absolute Gasteiger partial charge is 0.321 e. The van der Waals surface area contributed by atoms with Gasteiger partial charge in [0.05, 0.1) is 11.6 Å². The van der Waals surface area contributed by atoms with Crippen molar-refractivity contribution in [1.82, 2.24) is 9.97 Å². The maximum absolute atomic E-state index is 12.3. The Hall–Kier alpha value is -2.76. The minimum Gasteiger partial charge on any atom is -0.321 e. The third kappa shape index (κ3) is 2.13. The van der Waals surface area contributed by atoms with Crippen LogP contribution in [0.15, 0.2) is 36.8 Å². The summed E-state index contributed by atoms with van der Waals surface area (Å²) in [6.07, 6.45) is 4.38. The zero-order valence-corrected chi connectivity index (χ0v) is 12.6. The molecule has 3 rings (SSSR count). The molecular weight excluding hydrogens is 280 g/mol. The molecule has 6 nitrogen and oxygen atoms in total. The zero-order chi connectivity index (χ0) is 15.9. The van der Waals surface area contributed by atoms with E-state index in [1.54, 1.807) is 18.0 Å². The molecule has 0 aliphatic carbocycles. The van der Waals surface area contributed by atoms with Crippen molar-refractivity contribution >= 4 is 23.2 Å². The molecule has 0 bridgehead atoms. The second-order valence-corrected chi connectivity index (χ2v) is 5.77. The molecule has 112 valence electrons. The van der Waals surface area contributed by atoms with E-state index in [9.17, 15) is 9.59 Å². The highest BCUT2D eigenvalue weighted by Gasteiger charge is 2.42. The van der Waals surface area contributed by atoms with Crippen molar-refractivity contribution in [3.8, 4) is 0 Å². The van der Waals surface area contributed by atoms with Crippen LogP contribution in [0.25, 0.3) is 0 Å². The highest BCUT2D eigenvalue weighted by molar-refractivity contribution is 6.08. The van der Waals surface area contributed by atoms with E-state index in [4.69, 9.17) is 0 Å². The summed E-state index contributed by atoms with van der Waals surface area (Å²) in [6, 6.07) is 5.46. The molecule has 1 N–H and O–H groups in total. The predicted molar refractivity (Wildman–Crippen MR) is 82.9 cm³/mol. The highest BCUT2D eigenvalue weighted by Crippen LogP contribution is 2.41. The number of benzene rings is 1. The third-order valence-electron chi connectivity index (χ3n) is 3.92. The molecule has 0 unspecified atom stereocenters. The van der Waals surface area contributed by atoms with Crippen molar-refractivity contribution in [2.45, 2.75) is 19.3 Å². The van der Waals surface area contributed by atoms with Crippen LogP contribution < -0.4 is 10.2 Å². The molecule has 22 heavy (non-hydrogen) atoms. The Morgan fingerprint density at radius 2 is 2.05 bits per heavy atom. The summed E-state index contributed by atoms with van der Waals surface area (Å²) in [5, 5.41) is 2.78. The van der Waals surface area contributed by atoms with E-state index in [-0.39, 0.29) is 17.5 Å². The van der Waals surface area contributed by atoms with Crippen molar-refractivity contribution in [2.75, 3.05) is 17.3 Å². The first-order valence-corrected chi connectivity index (χ1v) is 6.91. The van der Waals surface area contributed by atoms with E-state index in [0.717, 1.165) is 11.3 Å². The number of carbonyl (C=O) groups excluding carboxylic acids is 2. The molecule has 0 radical (unpaired) electrons. The summed E-state index contributed by atoms with van der Waals surface area (Å²) >= 11 is 0. The van der Waals surface area contributed by atoms with Crippen LogP contribution in [0, 0.1) is 0 Å². The molecule has 0 saturated heterocycles. The summed E-state index contributed by atoms with van der Waals surface area (Å²) in [5.41, 5.74) is 2.04. The Morgan fingerprint density at radius 1 is 1.27 bits per heavy atom. The van der Waals surface area contributed by atoms with E-state index in [1.165, 1.54) is 18.6 Å². The van der Waals surface area contributed by atoms with Crippen LogP contribution in [0.2, 0.25) is 0 Å². The van der Waals surface area contributed by atoms with Crippen LogP contribution in [-0.2, 0) is 10.2 Å². The first kappa shape index (κ1) is 14.2. The number of likely N-dealkylation sites (N-methyl/N-ethyl adjacent to an activating group) is 1. The van der Waals surface area contributed by atoms with Crippen LogP contribution in [-0.4, -0.2) is 28.8 Å². The number of rotatable bonds is 2. The van der Waals surface area contributed by atoms with Gasteiger partial charge in [0, 0.05) is 30.8 Å². The molecule has 1 aliphatic rings. The van der Waals surface area contributed by atoms with Gasteiger partial charge in [0.15, 0.2) is 0 Å². The van der Waals surface area contributed by atoms with Crippen molar-refractivity contribution in [2.24, 2.45) is 0 Å². The standard InChI is InChI=1S/C16H16N4O2/c1-16(2)11-8-10(4-5-13(11)20(3)15(16)22)19-14(21)12-9-17-6-7-18-12/h4-9H,1-3H3,(H,19,21). The maximum Gasteiger partial charge on any atom is 0.275 e. The fourth-order valence-electron chi connectivity index (χ4n) is 2.66. The normalized spacial score (nSPS) is 15.6. The van der Waals surface area contributed by atoms with Crippen molar-refractivity contribution in [3.05, 3.63) is 48.0 Å². The molecular formula is C16H16N4O2. The van der Waals surface area contributed by atoms with E-state index in [1.807, 2.05) is 26.0 Å². The van der Waals surface area contributed by atoms with Crippen molar-refractivity contribution in [3.63, 3.8) is 0 Å². The van der Waals surface area contributed by atoms with Gasteiger partial charge in [-0.1, -0.05) is 0 Å². The summed E-state index contributed by atoms with van der Waals surface area (Å²) in [5.74, 6) is -0.288. The lowest BCUT2D eigenvalue weighted by Gasteiger charge is -2.16. The summed E-state index contributed by atoms with van der Waals surface area (Å²) < 4.78 is 0. The second-order valence-electron chi connectivity index (χ2n) is 5.77. The molecule has 0 atom stereocenters. The van der Waals surface area contributed by atoms with Gasteiger partial charge in [-0.3, -0.25) is 14.6 Å². The zero-order valence-electron chi connectivity index (χ0n) is 12.6. The monoisotopic (exact) mass is 296 g/mol. The number of hydrogen-bond donors (Lipinski definition) is 1. The molecule has 1 aliphatic heterocycles. The SMILES string of the molecule is CN1C(=O)C(C)(C)c2cc(NC(=O)c3cnccn3)ccc21. The fraction of sp³-hybridized carbons (Fsp3) is 0.250. The van der Waals surface area contributed by atoms with E-state index in [2.05, 4.69) is 15.3 Å². The smallest absolute Gasteiger partial charge is 0.275 e. The summed E-state index contributed by atoms with van der Waals surface area (Å²) in [4.78, 5) is 33.9. The Balaban J connectivity index is 1.91. The van der Waals surface area contributed by atoms with Gasteiger partial charge in [0.25, 0.3) is 5.91 Å². The fourth-order valence-corrected chi connectivity index (χ4v) is 2.66. The Bertz CT molecular complexity index is 756.